The number of para-hydroxylation sites is 4. The van der Waals surface area contributed by atoms with E-state index in [1.165, 1.54) is 40.8 Å². The topological polar surface area (TPSA) is 19.6 Å². The second-order valence-electron chi connectivity index (χ2n) is 17.3. The Morgan fingerprint density at radius 1 is 0.373 bits per heavy atom. The number of furan rings is 1. The molecule has 9 aromatic rings. The third kappa shape index (κ3) is 6.67. The smallest absolute Gasteiger partial charge is 0.143 e. The van der Waals surface area contributed by atoms with Gasteiger partial charge in [-0.3, -0.25) is 0 Å². The van der Waals surface area contributed by atoms with Gasteiger partial charge in [0.15, 0.2) is 0 Å². The maximum atomic E-state index is 6.39. The fourth-order valence-electron chi connectivity index (χ4n) is 9.16. The van der Waals surface area contributed by atoms with Crippen LogP contribution in [0.3, 0.4) is 0 Å². The van der Waals surface area contributed by atoms with E-state index in [-0.39, 0.29) is 10.8 Å². The maximum absolute atomic E-state index is 6.39. The van der Waals surface area contributed by atoms with Crippen molar-refractivity contribution in [2.24, 2.45) is 0 Å². The summed E-state index contributed by atoms with van der Waals surface area (Å²) in [5.41, 5.74) is 16.3. The predicted octanol–water partition coefficient (Wildman–Crippen LogP) is 16.2. The van der Waals surface area contributed by atoms with Crippen molar-refractivity contribution in [3.8, 4) is 22.3 Å². The summed E-state index contributed by atoms with van der Waals surface area (Å²) in [7, 11) is 0. The van der Waals surface area contributed by atoms with Crippen LogP contribution in [0.2, 0.25) is 0 Å². The summed E-state index contributed by atoms with van der Waals surface area (Å²) >= 11 is 0. The molecule has 59 heavy (non-hydrogen) atoms. The molecular formula is C56H48N2O. The predicted molar refractivity (Wildman–Crippen MR) is 249 cm³/mol. The van der Waals surface area contributed by atoms with Crippen molar-refractivity contribution in [2.75, 3.05) is 9.80 Å². The fraction of sp³-hybridized carbons (Fsp3) is 0.143. The monoisotopic (exact) mass is 764 g/mol. The molecule has 0 saturated carbocycles. The van der Waals surface area contributed by atoms with Gasteiger partial charge in [0, 0.05) is 50.5 Å². The van der Waals surface area contributed by atoms with Crippen molar-refractivity contribution < 1.29 is 4.42 Å². The average molecular weight is 765 g/mol. The molecular weight excluding hydrogens is 717 g/mol. The molecule has 3 heteroatoms. The zero-order valence-electron chi connectivity index (χ0n) is 34.2. The number of nitrogens with zero attached hydrogens (tertiary/aromatic N) is 2. The summed E-state index contributed by atoms with van der Waals surface area (Å²) in [5.74, 6) is 0. The number of hydrogen-bond acceptors (Lipinski definition) is 3. The van der Waals surface area contributed by atoms with Gasteiger partial charge in [-0.15, -0.1) is 0 Å². The lowest BCUT2D eigenvalue weighted by atomic mass is 9.63. The Morgan fingerprint density at radius 3 is 1.54 bits per heavy atom. The average Bonchev–Trinajstić information content (AvgIpc) is 3.66. The van der Waals surface area contributed by atoms with Gasteiger partial charge in [0.05, 0.1) is 0 Å². The summed E-state index contributed by atoms with van der Waals surface area (Å²) in [6.07, 6.45) is 2.38. The quantitative estimate of drug-likeness (QED) is 0.154. The van der Waals surface area contributed by atoms with Gasteiger partial charge in [-0.2, -0.15) is 0 Å². The SMILES string of the molecule is CC1(C)CCC(C)(C)c2cc(N(c3ccccc3)c3cccc(-c4ccc(N(c5ccccc5)c5ccc(-c6cccc7c6oc6ccccc67)cc5)cc4)c3)ccc21. The van der Waals surface area contributed by atoms with E-state index in [9.17, 15) is 0 Å². The lowest BCUT2D eigenvalue weighted by Crippen LogP contribution is -2.34. The van der Waals surface area contributed by atoms with Gasteiger partial charge in [-0.05, 0) is 130 Å². The van der Waals surface area contributed by atoms with Crippen LogP contribution in [0.15, 0.2) is 199 Å². The van der Waals surface area contributed by atoms with Gasteiger partial charge in [0.1, 0.15) is 11.2 Å². The van der Waals surface area contributed by atoms with Crippen LogP contribution in [0.1, 0.15) is 51.7 Å². The minimum Gasteiger partial charge on any atom is -0.455 e. The zero-order valence-corrected chi connectivity index (χ0v) is 34.2. The van der Waals surface area contributed by atoms with Crippen LogP contribution < -0.4 is 9.80 Å². The van der Waals surface area contributed by atoms with E-state index in [0.717, 1.165) is 61.5 Å². The molecule has 1 aliphatic rings. The van der Waals surface area contributed by atoms with Crippen LogP contribution in [0.4, 0.5) is 34.1 Å². The lowest BCUT2D eigenvalue weighted by Gasteiger charge is -2.42. The number of rotatable bonds is 8. The standard InChI is InChI=1S/C56H48N2O/c1-55(2)35-36-56(3,4)52-38-47(33-34-51(52)55)58(43-18-9-6-10-19-43)46-20-13-15-41(37-46)39-25-29-44(30-26-39)57(42-16-7-5-8-17-42)45-31-27-40(28-32-45)48-22-14-23-50-49-21-11-12-24-53(49)59-54(48)50/h5-34,37-38H,35-36H2,1-4H3. The maximum Gasteiger partial charge on any atom is 0.143 e. The van der Waals surface area contributed by atoms with Gasteiger partial charge >= 0.3 is 0 Å². The molecule has 1 aromatic heterocycles. The highest BCUT2D eigenvalue weighted by Gasteiger charge is 2.37. The molecule has 0 aliphatic heterocycles. The van der Waals surface area contributed by atoms with Crippen LogP contribution in [-0.4, -0.2) is 0 Å². The van der Waals surface area contributed by atoms with E-state index in [1.54, 1.807) is 0 Å². The third-order valence-electron chi connectivity index (χ3n) is 12.5. The molecule has 0 radical (unpaired) electrons. The Morgan fingerprint density at radius 2 is 0.864 bits per heavy atom. The highest BCUT2D eigenvalue weighted by Crippen LogP contribution is 2.48. The van der Waals surface area contributed by atoms with E-state index in [0.29, 0.717) is 0 Å². The minimum atomic E-state index is 0.118. The highest BCUT2D eigenvalue weighted by atomic mass is 16.3. The Hall–Kier alpha value is -6.84. The summed E-state index contributed by atoms with van der Waals surface area (Å²) in [5, 5.41) is 2.28. The van der Waals surface area contributed by atoms with Crippen LogP contribution >= 0.6 is 0 Å². The first-order valence-corrected chi connectivity index (χ1v) is 20.8. The second kappa shape index (κ2) is 14.5. The Labute approximate surface area is 347 Å². The molecule has 8 aromatic carbocycles. The molecule has 1 heterocycles. The first kappa shape index (κ1) is 36.5. The molecule has 10 rings (SSSR count). The van der Waals surface area contributed by atoms with Crippen molar-refractivity contribution in [1.82, 2.24) is 0 Å². The Kier molecular flexibility index (Phi) is 8.98. The number of benzene rings is 8. The van der Waals surface area contributed by atoms with Gasteiger partial charge in [-0.1, -0.05) is 143 Å². The van der Waals surface area contributed by atoms with Gasteiger partial charge < -0.3 is 14.2 Å². The molecule has 0 fully saturated rings. The molecule has 0 unspecified atom stereocenters. The minimum absolute atomic E-state index is 0.118. The number of anilines is 6. The van der Waals surface area contributed by atoms with Crippen LogP contribution in [-0.2, 0) is 10.8 Å². The van der Waals surface area contributed by atoms with Crippen LogP contribution in [0, 0.1) is 0 Å². The molecule has 3 nitrogen and oxygen atoms in total. The molecule has 0 amide bonds. The summed E-state index contributed by atoms with van der Waals surface area (Å²) in [4.78, 5) is 4.73. The fourth-order valence-corrected chi connectivity index (χ4v) is 9.16. The van der Waals surface area contributed by atoms with Crippen molar-refractivity contribution in [3.05, 3.63) is 205 Å². The molecule has 288 valence electrons. The van der Waals surface area contributed by atoms with E-state index >= 15 is 0 Å². The zero-order chi connectivity index (χ0) is 40.1. The third-order valence-corrected chi connectivity index (χ3v) is 12.5. The van der Waals surface area contributed by atoms with Crippen molar-refractivity contribution in [3.63, 3.8) is 0 Å². The molecule has 0 atom stereocenters. The van der Waals surface area contributed by atoms with Crippen LogP contribution in [0.25, 0.3) is 44.2 Å². The normalized spacial score (nSPS) is 14.2. The van der Waals surface area contributed by atoms with Gasteiger partial charge in [-0.25, -0.2) is 0 Å². The summed E-state index contributed by atoms with van der Waals surface area (Å²) in [6, 6.07) is 70.0. The molecule has 1 aliphatic carbocycles. The summed E-state index contributed by atoms with van der Waals surface area (Å²) in [6.45, 7) is 9.59. The van der Waals surface area contributed by atoms with E-state index in [4.69, 9.17) is 4.42 Å². The van der Waals surface area contributed by atoms with E-state index in [2.05, 4.69) is 219 Å². The van der Waals surface area contributed by atoms with E-state index in [1.807, 2.05) is 12.1 Å². The first-order chi connectivity index (χ1) is 28.7. The molecule has 0 saturated heterocycles. The van der Waals surface area contributed by atoms with E-state index < -0.39 is 0 Å². The van der Waals surface area contributed by atoms with Gasteiger partial charge in [0.2, 0.25) is 0 Å². The van der Waals surface area contributed by atoms with Crippen molar-refractivity contribution in [1.29, 1.82) is 0 Å². The molecule has 0 spiro atoms. The molecule has 0 bridgehead atoms. The molecule has 0 N–H and O–H groups in total. The summed E-state index contributed by atoms with van der Waals surface area (Å²) < 4.78 is 6.39. The van der Waals surface area contributed by atoms with Crippen molar-refractivity contribution >= 4 is 56.1 Å². The number of hydrogen-bond donors (Lipinski definition) is 0. The van der Waals surface area contributed by atoms with Crippen molar-refractivity contribution in [2.45, 2.75) is 51.4 Å². The van der Waals surface area contributed by atoms with Gasteiger partial charge in [0.25, 0.3) is 0 Å². The Balaban J connectivity index is 0.992. The highest BCUT2D eigenvalue weighted by molar-refractivity contribution is 6.09. The lowest BCUT2D eigenvalue weighted by molar-refractivity contribution is 0.332. The second-order valence-corrected chi connectivity index (χ2v) is 17.3. The number of fused-ring (bicyclic) bond motifs is 4. The Bertz CT molecular complexity index is 2920. The largest absolute Gasteiger partial charge is 0.455 e. The van der Waals surface area contributed by atoms with Crippen LogP contribution in [0.5, 0.6) is 0 Å². The first-order valence-electron chi connectivity index (χ1n) is 20.8.